The van der Waals surface area contributed by atoms with Crippen LogP contribution in [0, 0.1) is 10.1 Å². The van der Waals surface area contributed by atoms with Crippen molar-refractivity contribution in [3.63, 3.8) is 0 Å². The van der Waals surface area contributed by atoms with Crippen LogP contribution in [0.2, 0.25) is 0 Å². The molecule has 11 nitrogen and oxygen atoms in total. The molecular weight excluding hydrogens is 364 g/mol. The second-order valence-corrected chi connectivity index (χ2v) is 6.59. The Morgan fingerprint density at radius 2 is 2.08 bits per heavy atom. The van der Waals surface area contributed by atoms with Crippen molar-refractivity contribution in [3.8, 4) is 11.6 Å². The van der Waals surface area contributed by atoms with E-state index in [-0.39, 0.29) is 22.0 Å². The number of non-ortho nitro benzene ring substituents is 1. The van der Waals surface area contributed by atoms with Gasteiger partial charge in [-0.3, -0.25) is 14.8 Å². The van der Waals surface area contributed by atoms with Gasteiger partial charge >= 0.3 is 0 Å². The zero-order chi connectivity index (χ0) is 18.7. The highest BCUT2D eigenvalue weighted by atomic mass is 32.2. The summed E-state index contributed by atoms with van der Waals surface area (Å²) in [6, 6.07) is 6.29. The Labute approximate surface area is 147 Å². The fraction of sp³-hybridized carbons (Fsp3) is 0.0714. The Kier molecular flexibility index (Phi) is 4.49. The van der Waals surface area contributed by atoms with Crippen LogP contribution >= 0.6 is 0 Å². The van der Waals surface area contributed by atoms with Gasteiger partial charge in [-0.15, -0.1) is 0 Å². The van der Waals surface area contributed by atoms with Gasteiger partial charge in [-0.2, -0.15) is 5.10 Å². The molecule has 3 rings (SSSR count). The topological polar surface area (TPSA) is 142 Å². The largest absolute Gasteiger partial charge is 0.495 e. The molecule has 0 bridgehead atoms. The maximum Gasteiger partial charge on any atom is 0.273 e. The van der Waals surface area contributed by atoms with Crippen LogP contribution in [-0.2, 0) is 10.0 Å². The van der Waals surface area contributed by atoms with Crippen molar-refractivity contribution in [2.45, 2.75) is 4.90 Å². The molecule has 0 atom stereocenters. The van der Waals surface area contributed by atoms with Crippen LogP contribution in [0.3, 0.4) is 0 Å². The highest BCUT2D eigenvalue weighted by Crippen LogP contribution is 2.29. The fourth-order valence-electron chi connectivity index (χ4n) is 2.11. The molecule has 2 aromatic heterocycles. The van der Waals surface area contributed by atoms with Gasteiger partial charge in [0.05, 0.1) is 30.0 Å². The van der Waals surface area contributed by atoms with Crippen LogP contribution in [0.1, 0.15) is 0 Å². The highest BCUT2D eigenvalue weighted by Gasteiger charge is 2.22. The quantitative estimate of drug-likeness (QED) is 0.502. The highest BCUT2D eigenvalue weighted by molar-refractivity contribution is 7.92. The Balaban J connectivity index is 1.88. The predicted octanol–water partition coefficient (Wildman–Crippen LogP) is 1.38. The number of ether oxygens (including phenoxy) is 1. The SMILES string of the molecule is COc1cc([N+](=O)[O-])ccc1S(=O)(=O)Nc1ccc(-n2cncn2)nc1. The number of pyridine rings is 1. The number of nitrogens with zero attached hydrogens (tertiary/aromatic N) is 5. The molecule has 0 saturated carbocycles. The maximum absolute atomic E-state index is 12.6. The molecule has 12 heteroatoms. The number of hydrogen-bond acceptors (Lipinski definition) is 8. The van der Waals surface area contributed by atoms with E-state index in [0.717, 1.165) is 18.2 Å². The van der Waals surface area contributed by atoms with E-state index in [9.17, 15) is 18.5 Å². The lowest BCUT2D eigenvalue weighted by Gasteiger charge is -2.11. The van der Waals surface area contributed by atoms with Crippen molar-refractivity contribution in [2.24, 2.45) is 0 Å². The van der Waals surface area contributed by atoms with Gasteiger partial charge in [0, 0.05) is 6.07 Å². The molecule has 26 heavy (non-hydrogen) atoms. The molecule has 1 N–H and O–H groups in total. The van der Waals surface area contributed by atoms with E-state index in [1.165, 1.54) is 36.7 Å². The summed E-state index contributed by atoms with van der Waals surface area (Å²) in [5, 5.41) is 14.7. The smallest absolute Gasteiger partial charge is 0.273 e. The maximum atomic E-state index is 12.6. The lowest BCUT2D eigenvalue weighted by atomic mass is 10.3. The van der Waals surface area contributed by atoms with Gasteiger partial charge in [0.25, 0.3) is 15.7 Å². The normalized spacial score (nSPS) is 11.1. The van der Waals surface area contributed by atoms with Gasteiger partial charge in [0.2, 0.25) is 0 Å². The van der Waals surface area contributed by atoms with Crippen molar-refractivity contribution in [1.29, 1.82) is 0 Å². The van der Waals surface area contributed by atoms with Crippen LogP contribution in [-0.4, -0.2) is 40.2 Å². The van der Waals surface area contributed by atoms with E-state index >= 15 is 0 Å². The average molecular weight is 376 g/mol. The zero-order valence-corrected chi connectivity index (χ0v) is 14.1. The number of nitro benzene ring substituents is 1. The standard InChI is InChI=1S/C14H12N6O5S/c1-25-12-6-11(20(21)22)3-4-13(12)26(23,24)18-10-2-5-14(16-7-10)19-9-15-8-17-19/h2-9,18H,1H3. The first-order valence-corrected chi connectivity index (χ1v) is 8.55. The van der Waals surface area contributed by atoms with E-state index in [1.807, 2.05) is 0 Å². The summed E-state index contributed by atoms with van der Waals surface area (Å²) >= 11 is 0. The number of anilines is 1. The van der Waals surface area contributed by atoms with Crippen LogP contribution in [0.4, 0.5) is 11.4 Å². The van der Waals surface area contributed by atoms with E-state index in [0.29, 0.717) is 5.82 Å². The second kappa shape index (κ2) is 6.76. The third kappa shape index (κ3) is 3.44. The van der Waals surface area contributed by atoms with Gasteiger partial charge in [-0.25, -0.2) is 23.1 Å². The average Bonchev–Trinajstić information content (AvgIpc) is 3.16. The first kappa shape index (κ1) is 17.3. The summed E-state index contributed by atoms with van der Waals surface area (Å²) in [4.78, 5) is 17.8. The molecule has 0 saturated heterocycles. The Hall–Kier alpha value is -3.54. The number of benzene rings is 1. The molecule has 0 aliphatic rings. The van der Waals surface area contributed by atoms with E-state index in [2.05, 4.69) is 19.8 Å². The molecule has 0 radical (unpaired) electrons. The lowest BCUT2D eigenvalue weighted by Crippen LogP contribution is -2.14. The van der Waals surface area contributed by atoms with Gasteiger partial charge in [0.15, 0.2) is 5.82 Å². The molecule has 0 aliphatic carbocycles. The van der Waals surface area contributed by atoms with Gasteiger partial charge < -0.3 is 4.74 Å². The van der Waals surface area contributed by atoms with Crippen LogP contribution in [0.15, 0.2) is 54.1 Å². The molecule has 0 spiro atoms. The van der Waals surface area contributed by atoms with Crippen LogP contribution < -0.4 is 9.46 Å². The minimum atomic E-state index is -4.04. The van der Waals surface area contributed by atoms with Crippen molar-refractivity contribution in [2.75, 3.05) is 11.8 Å². The molecule has 134 valence electrons. The van der Waals surface area contributed by atoms with Gasteiger partial charge in [0.1, 0.15) is 23.3 Å². The molecular formula is C14H12N6O5S. The molecule has 0 aliphatic heterocycles. The number of hydrogen-bond donors (Lipinski definition) is 1. The number of sulfonamides is 1. The third-order valence-electron chi connectivity index (χ3n) is 3.30. The number of rotatable bonds is 6. The number of aromatic nitrogens is 4. The summed E-state index contributed by atoms with van der Waals surface area (Å²) in [5.41, 5.74) is -0.0751. The summed E-state index contributed by atoms with van der Waals surface area (Å²) in [6.07, 6.45) is 4.11. The molecule has 1 aromatic carbocycles. The second-order valence-electron chi connectivity index (χ2n) is 4.94. The van der Waals surface area contributed by atoms with Crippen molar-refractivity contribution >= 4 is 21.4 Å². The monoisotopic (exact) mass is 376 g/mol. The van der Waals surface area contributed by atoms with E-state index in [1.54, 1.807) is 6.07 Å². The van der Waals surface area contributed by atoms with Gasteiger partial charge in [-0.1, -0.05) is 0 Å². The van der Waals surface area contributed by atoms with Gasteiger partial charge in [-0.05, 0) is 18.2 Å². The Bertz CT molecular complexity index is 1030. The van der Waals surface area contributed by atoms with Crippen LogP contribution in [0.25, 0.3) is 5.82 Å². The van der Waals surface area contributed by atoms with Crippen LogP contribution in [0.5, 0.6) is 5.75 Å². The number of nitro groups is 1. The number of methoxy groups -OCH3 is 1. The van der Waals surface area contributed by atoms with E-state index < -0.39 is 14.9 Å². The summed E-state index contributed by atoms with van der Waals surface area (Å²) < 4.78 is 33.8. The minimum Gasteiger partial charge on any atom is -0.495 e. The molecule has 2 heterocycles. The lowest BCUT2D eigenvalue weighted by molar-refractivity contribution is -0.385. The minimum absolute atomic E-state index is 0.140. The van der Waals surface area contributed by atoms with Crippen molar-refractivity contribution in [1.82, 2.24) is 19.7 Å². The molecule has 0 amide bonds. The molecule has 3 aromatic rings. The Morgan fingerprint density at radius 3 is 2.65 bits per heavy atom. The fourth-order valence-corrected chi connectivity index (χ4v) is 3.31. The zero-order valence-electron chi connectivity index (χ0n) is 13.3. The molecule has 0 fully saturated rings. The first-order chi connectivity index (χ1) is 12.4. The van der Waals surface area contributed by atoms with E-state index in [4.69, 9.17) is 4.74 Å². The summed E-state index contributed by atoms with van der Waals surface area (Å²) in [7, 11) is -2.81. The predicted molar refractivity (Wildman–Crippen MR) is 89.6 cm³/mol. The Morgan fingerprint density at radius 1 is 1.27 bits per heavy atom. The summed E-state index contributed by atoms with van der Waals surface area (Å²) in [5.74, 6) is 0.317. The summed E-state index contributed by atoms with van der Waals surface area (Å²) in [6.45, 7) is 0. The van der Waals surface area contributed by atoms with Crippen molar-refractivity contribution in [3.05, 3.63) is 59.3 Å². The first-order valence-electron chi connectivity index (χ1n) is 7.07. The number of nitrogens with one attached hydrogen (secondary N) is 1. The third-order valence-corrected chi connectivity index (χ3v) is 4.72. The van der Waals surface area contributed by atoms with Crippen molar-refractivity contribution < 1.29 is 18.1 Å². The molecule has 0 unspecified atom stereocenters.